The SMILES string of the molecule is CC(C)COC(=O)NCc1c(C2CCCNC2)cc(-c2c(O)cccc2OCC2CC2)nc1N. The van der Waals surface area contributed by atoms with Crippen molar-refractivity contribution in [2.24, 2.45) is 11.8 Å². The summed E-state index contributed by atoms with van der Waals surface area (Å²) < 4.78 is 11.3. The van der Waals surface area contributed by atoms with Gasteiger partial charge in [0, 0.05) is 12.1 Å². The highest BCUT2D eigenvalue weighted by molar-refractivity contribution is 5.76. The minimum Gasteiger partial charge on any atom is -0.507 e. The Kier molecular flexibility index (Phi) is 7.77. The van der Waals surface area contributed by atoms with Gasteiger partial charge in [-0.2, -0.15) is 0 Å². The lowest BCUT2D eigenvalue weighted by Gasteiger charge is -2.27. The zero-order chi connectivity index (χ0) is 24.1. The second-order valence-electron chi connectivity index (χ2n) is 9.75. The van der Waals surface area contributed by atoms with Gasteiger partial charge in [0.2, 0.25) is 0 Å². The number of benzene rings is 1. The molecule has 0 bridgehead atoms. The molecule has 2 fully saturated rings. The lowest BCUT2D eigenvalue weighted by atomic mass is 9.87. The van der Waals surface area contributed by atoms with Crippen molar-refractivity contribution in [2.75, 3.05) is 32.0 Å². The first-order valence-electron chi connectivity index (χ1n) is 12.3. The number of nitrogens with one attached hydrogen (secondary N) is 2. The maximum absolute atomic E-state index is 12.2. The van der Waals surface area contributed by atoms with Crippen LogP contribution in [0.1, 0.15) is 56.6 Å². The minimum absolute atomic E-state index is 0.107. The van der Waals surface area contributed by atoms with E-state index in [2.05, 4.69) is 15.6 Å². The Morgan fingerprint density at radius 2 is 2.15 bits per heavy atom. The van der Waals surface area contributed by atoms with E-state index in [1.54, 1.807) is 12.1 Å². The maximum atomic E-state index is 12.2. The largest absolute Gasteiger partial charge is 0.507 e. The van der Waals surface area contributed by atoms with Gasteiger partial charge in [-0.25, -0.2) is 9.78 Å². The molecule has 5 N–H and O–H groups in total. The molecule has 4 rings (SSSR count). The summed E-state index contributed by atoms with van der Waals surface area (Å²) in [6, 6.07) is 7.26. The number of nitrogens with zero attached hydrogens (tertiary/aromatic N) is 1. The van der Waals surface area contributed by atoms with E-state index in [0.717, 1.165) is 37.1 Å². The third kappa shape index (κ3) is 6.11. The Labute approximate surface area is 201 Å². The van der Waals surface area contributed by atoms with Crippen LogP contribution < -0.4 is 21.1 Å². The highest BCUT2D eigenvalue weighted by atomic mass is 16.5. The molecule has 2 heterocycles. The molecule has 2 aliphatic rings. The van der Waals surface area contributed by atoms with Gasteiger partial charge in [-0.05, 0) is 73.7 Å². The van der Waals surface area contributed by atoms with E-state index in [-0.39, 0.29) is 24.1 Å². The number of aromatic hydroxyl groups is 1. The number of ether oxygens (including phenoxy) is 2. The first kappa shape index (κ1) is 24.1. The Hall–Kier alpha value is -3.00. The molecule has 0 radical (unpaired) electrons. The fourth-order valence-corrected chi connectivity index (χ4v) is 4.26. The third-order valence-corrected chi connectivity index (χ3v) is 6.32. The van der Waals surface area contributed by atoms with E-state index in [0.29, 0.717) is 42.0 Å². The van der Waals surface area contributed by atoms with Crippen molar-refractivity contribution < 1.29 is 19.4 Å². The van der Waals surface area contributed by atoms with Gasteiger partial charge in [0.25, 0.3) is 0 Å². The zero-order valence-corrected chi connectivity index (χ0v) is 20.1. The summed E-state index contributed by atoms with van der Waals surface area (Å²) in [6.45, 7) is 7.00. The lowest BCUT2D eigenvalue weighted by molar-refractivity contribution is 0.132. The van der Waals surface area contributed by atoms with Crippen LogP contribution >= 0.6 is 0 Å². The van der Waals surface area contributed by atoms with Crippen molar-refractivity contribution in [3.8, 4) is 22.8 Å². The highest BCUT2D eigenvalue weighted by Gasteiger charge is 2.26. The first-order valence-corrected chi connectivity index (χ1v) is 12.3. The number of anilines is 1. The van der Waals surface area contributed by atoms with E-state index in [9.17, 15) is 9.90 Å². The van der Waals surface area contributed by atoms with Crippen LogP contribution in [0.3, 0.4) is 0 Å². The molecule has 8 nitrogen and oxygen atoms in total. The molecule has 1 aliphatic heterocycles. The number of aromatic nitrogens is 1. The molecular formula is C26H36N4O4. The summed E-state index contributed by atoms with van der Waals surface area (Å²) >= 11 is 0. The number of nitrogen functional groups attached to an aromatic ring is 1. The van der Waals surface area contributed by atoms with Crippen molar-refractivity contribution in [1.82, 2.24) is 15.6 Å². The smallest absolute Gasteiger partial charge is 0.407 e. The quantitative estimate of drug-likeness (QED) is 0.436. The molecule has 1 saturated carbocycles. The summed E-state index contributed by atoms with van der Waals surface area (Å²) in [6.07, 6.45) is 3.95. The summed E-state index contributed by atoms with van der Waals surface area (Å²) in [5.74, 6) is 2.11. The van der Waals surface area contributed by atoms with Gasteiger partial charge in [0.15, 0.2) is 0 Å². The number of piperidine rings is 1. The molecule has 2 aromatic rings. The summed E-state index contributed by atoms with van der Waals surface area (Å²) in [7, 11) is 0. The van der Waals surface area contributed by atoms with Gasteiger partial charge in [-0.1, -0.05) is 19.9 Å². The van der Waals surface area contributed by atoms with Gasteiger partial charge in [-0.15, -0.1) is 0 Å². The number of pyridine rings is 1. The fraction of sp³-hybridized carbons (Fsp3) is 0.538. The zero-order valence-electron chi connectivity index (χ0n) is 20.1. The Morgan fingerprint density at radius 3 is 2.85 bits per heavy atom. The fourth-order valence-electron chi connectivity index (χ4n) is 4.26. The van der Waals surface area contributed by atoms with Crippen LogP contribution in [-0.4, -0.2) is 42.5 Å². The van der Waals surface area contributed by atoms with Crippen LogP contribution in [0.15, 0.2) is 24.3 Å². The Balaban J connectivity index is 1.65. The van der Waals surface area contributed by atoms with Crippen molar-refractivity contribution >= 4 is 11.9 Å². The molecular weight excluding hydrogens is 432 g/mol. The van der Waals surface area contributed by atoms with Gasteiger partial charge in [0.05, 0.1) is 31.0 Å². The second kappa shape index (κ2) is 11.0. The molecule has 1 aromatic heterocycles. The topological polar surface area (TPSA) is 119 Å². The number of carbonyl (C=O) groups is 1. The molecule has 1 aromatic carbocycles. The summed E-state index contributed by atoms with van der Waals surface area (Å²) in [5.41, 5.74) is 9.40. The van der Waals surface area contributed by atoms with Crippen LogP contribution in [0, 0.1) is 11.8 Å². The molecule has 1 unspecified atom stereocenters. The van der Waals surface area contributed by atoms with E-state index in [4.69, 9.17) is 15.2 Å². The number of nitrogens with two attached hydrogens (primary N) is 1. The van der Waals surface area contributed by atoms with Crippen LogP contribution in [0.5, 0.6) is 11.5 Å². The van der Waals surface area contributed by atoms with Gasteiger partial charge < -0.3 is 30.9 Å². The number of carbonyl (C=O) groups excluding carboxylic acids is 1. The molecule has 184 valence electrons. The molecule has 1 aliphatic carbocycles. The second-order valence-corrected chi connectivity index (χ2v) is 9.75. The standard InChI is InChI=1S/C26H36N4O4/c1-16(2)14-34-26(32)29-13-20-19(18-5-4-10-28-12-18)11-21(30-25(20)27)24-22(31)6-3-7-23(24)33-15-17-8-9-17/h3,6-7,11,16-18,28,31H,4-5,8-10,12-15H2,1-2H3,(H2,27,30)(H,29,32). The van der Waals surface area contributed by atoms with E-state index >= 15 is 0 Å². The van der Waals surface area contributed by atoms with E-state index in [1.807, 2.05) is 26.0 Å². The number of amides is 1. The van der Waals surface area contributed by atoms with E-state index in [1.165, 1.54) is 12.8 Å². The average molecular weight is 469 g/mol. The van der Waals surface area contributed by atoms with Crippen molar-refractivity contribution in [3.05, 3.63) is 35.4 Å². The number of phenols is 1. The monoisotopic (exact) mass is 468 g/mol. The predicted octanol–water partition coefficient (Wildman–Crippen LogP) is 4.17. The number of alkyl carbamates (subject to hydrolysis) is 1. The van der Waals surface area contributed by atoms with Gasteiger partial charge >= 0.3 is 6.09 Å². The summed E-state index contributed by atoms with van der Waals surface area (Å²) in [4.78, 5) is 16.8. The van der Waals surface area contributed by atoms with Crippen molar-refractivity contribution in [1.29, 1.82) is 0 Å². The average Bonchev–Trinajstić information content (AvgIpc) is 3.65. The molecule has 34 heavy (non-hydrogen) atoms. The van der Waals surface area contributed by atoms with Crippen LogP contribution in [0.4, 0.5) is 10.6 Å². The van der Waals surface area contributed by atoms with Crippen LogP contribution in [0.25, 0.3) is 11.3 Å². The number of hydrogen-bond acceptors (Lipinski definition) is 7. The number of phenolic OH excluding ortho intramolecular Hbond substituents is 1. The van der Waals surface area contributed by atoms with Crippen molar-refractivity contribution in [2.45, 2.75) is 52.0 Å². The Bertz CT molecular complexity index is 1000. The summed E-state index contributed by atoms with van der Waals surface area (Å²) in [5, 5.41) is 17.0. The minimum atomic E-state index is -0.471. The number of rotatable bonds is 9. The normalized spacial score (nSPS) is 18.0. The molecule has 8 heteroatoms. The van der Waals surface area contributed by atoms with Gasteiger partial charge in [-0.3, -0.25) is 0 Å². The predicted molar refractivity (Wildman–Crippen MR) is 132 cm³/mol. The van der Waals surface area contributed by atoms with E-state index < -0.39 is 6.09 Å². The van der Waals surface area contributed by atoms with Crippen LogP contribution in [0.2, 0.25) is 0 Å². The molecule has 1 amide bonds. The number of hydrogen-bond donors (Lipinski definition) is 4. The lowest BCUT2D eigenvalue weighted by Crippen LogP contribution is -2.31. The maximum Gasteiger partial charge on any atom is 0.407 e. The van der Waals surface area contributed by atoms with Crippen molar-refractivity contribution in [3.63, 3.8) is 0 Å². The third-order valence-electron chi connectivity index (χ3n) is 6.32. The Morgan fingerprint density at radius 1 is 1.32 bits per heavy atom. The molecule has 1 atom stereocenters. The van der Waals surface area contributed by atoms with Crippen LogP contribution in [-0.2, 0) is 11.3 Å². The molecule has 0 spiro atoms. The first-order chi connectivity index (χ1) is 16.4. The highest BCUT2D eigenvalue weighted by Crippen LogP contribution is 2.41. The molecule has 1 saturated heterocycles. The van der Waals surface area contributed by atoms with Gasteiger partial charge in [0.1, 0.15) is 17.3 Å².